The Hall–Kier alpha value is -2.01. The van der Waals surface area contributed by atoms with Crippen molar-refractivity contribution in [1.82, 2.24) is 4.98 Å². The maximum Gasteiger partial charge on any atom is 0.211 e. The van der Waals surface area contributed by atoms with E-state index in [0.717, 1.165) is 11.1 Å². The Morgan fingerprint density at radius 1 is 1.08 bits per heavy atom. The summed E-state index contributed by atoms with van der Waals surface area (Å²) in [6, 6.07) is 9.90. The van der Waals surface area contributed by atoms with Crippen molar-refractivity contribution >= 4 is 5.69 Å². The first-order valence-electron chi connectivity index (χ1n) is 4.01. The minimum atomic E-state index is 0.672. The molecule has 0 unspecified atom stereocenters. The van der Waals surface area contributed by atoms with Crippen LogP contribution in [-0.2, 0) is 0 Å². The maximum atomic E-state index is 6.96. The van der Waals surface area contributed by atoms with Gasteiger partial charge >= 0.3 is 0 Å². The number of aromatic nitrogens is 1. The molecule has 1 heterocycles. The van der Waals surface area contributed by atoms with Gasteiger partial charge in [0.25, 0.3) is 0 Å². The number of hydrogen-bond donors (Lipinski definition) is 1. The van der Waals surface area contributed by atoms with Crippen molar-refractivity contribution in [3.05, 3.63) is 54.1 Å². The third kappa shape index (κ3) is 1.32. The predicted molar refractivity (Wildman–Crippen MR) is 52.5 cm³/mol. The normalized spacial score (nSPS) is 9.46. The monoisotopic (exact) mass is 168 g/mol. The lowest BCUT2D eigenvalue weighted by Crippen LogP contribution is -1.71. The van der Waals surface area contributed by atoms with Gasteiger partial charge in [0.1, 0.15) is 0 Å². The van der Waals surface area contributed by atoms with Gasteiger partial charge in [0.2, 0.25) is 5.69 Å². The average molecular weight is 168 g/mol. The molecular weight excluding hydrogens is 160 g/mol. The number of nitrogens with one attached hydrogen (secondary N) is 1. The SMILES string of the molecule is [C-]#[N+]c1c[nH]cc1-c1ccccc1. The van der Waals surface area contributed by atoms with Crippen LogP contribution in [-0.4, -0.2) is 4.98 Å². The molecule has 0 fully saturated rings. The van der Waals surface area contributed by atoms with Gasteiger partial charge < -0.3 is 4.98 Å². The quantitative estimate of drug-likeness (QED) is 0.631. The summed E-state index contributed by atoms with van der Waals surface area (Å²) < 4.78 is 0. The van der Waals surface area contributed by atoms with E-state index >= 15 is 0 Å². The van der Waals surface area contributed by atoms with Crippen LogP contribution < -0.4 is 0 Å². The molecule has 0 radical (unpaired) electrons. The molecule has 0 saturated carbocycles. The van der Waals surface area contributed by atoms with Gasteiger partial charge in [-0.2, -0.15) is 0 Å². The Morgan fingerprint density at radius 2 is 1.85 bits per heavy atom. The Morgan fingerprint density at radius 3 is 2.54 bits per heavy atom. The highest BCUT2D eigenvalue weighted by molar-refractivity contribution is 5.77. The van der Waals surface area contributed by atoms with Gasteiger partial charge in [-0.05, 0) is 11.8 Å². The molecule has 0 spiro atoms. The van der Waals surface area contributed by atoms with Gasteiger partial charge in [-0.1, -0.05) is 30.3 Å². The average Bonchev–Trinajstić information content (AvgIpc) is 2.67. The molecular formula is C11H8N2. The van der Waals surface area contributed by atoms with Crippen LogP contribution in [0.3, 0.4) is 0 Å². The minimum absolute atomic E-state index is 0.672. The topological polar surface area (TPSA) is 20.1 Å². The second-order valence-corrected chi connectivity index (χ2v) is 2.73. The summed E-state index contributed by atoms with van der Waals surface area (Å²) in [4.78, 5) is 6.36. The summed E-state index contributed by atoms with van der Waals surface area (Å²) in [5, 5.41) is 0. The highest BCUT2D eigenvalue weighted by Crippen LogP contribution is 2.29. The molecule has 2 rings (SSSR count). The molecule has 0 atom stereocenters. The smallest absolute Gasteiger partial charge is 0.211 e. The van der Waals surface area contributed by atoms with Gasteiger partial charge in [-0.3, -0.25) is 0 Å². The van der Waals surface area contributed by atoms with E-state index in [-0.39, 0.29) is 0 Å². The van der Waals surface area contributed by atoms with Crippen molar-refractivity contribution in [2.75, 3.05) is 0 Å². The molecule has 13 heavy (non-hydrogen) atoms. The zero-order chi connectivity index (χ0) is 9.10. The molecule has 1 N–H and O–H groups in total. The molecule has 0 aliphatic rings. The van der Waals surface area contributed by atoms with Gasteiger partial charge in [0.05, 0.1) is 6.57 Å². The van der Waals surface area contributed by atoms with E-state index in [0.29, 0.717) is 5.69 Å². The van der Waals surface area contributed by atoms with Crippen molar-refractivity contribution in [3.8, 4) is 11.1 Å². The molecule has 62 valence electrons. The summed E-state index contributed by atoms with van der Waals surface area (Å²) in [5.74, 6) is 0. The number of rotatable bonds is 1. The van der Waals surface area contributed by atoms with Crippen molar-refractivity contribution in [1.29, 1.82) is 0 Å². The van der Waals surface area contributed by atoms with Gasteiger partial charge in [-0.15, -0.1) is 0 Å². The van der Waals surface area contributed by atoms with Gasteiger partial charge in [-0.25, -0.2) is 4.85 Å². The van der Waals surface area contributed by atoms with Crippen LogP contribution in [0.4, 0.5) is 5.69 Å². The fourth-order valence-electron chi connectivity index (χ4n) is 1.30. The van der Waals surface area contributed by atoms with Gasteiger partial charge in [0.15, 0.2) is 0 Å². The number of hydrogen-bond acceptors (Lipinski definition) is 0. The van der Waals surface area contributed by atoms with E-state index in [1.807, 2.05) is 36.5 Å². The molecule has 0 amide bonds. The molecule has 2 aromatic rings. The van der Waals surface area contributed by atoms with E-state index in [9.17, 15) is 0 Å². The van der Waals surface area contributed by atoms with Crippen molar-refractivity contribution in [3.63, 3.8) is 0 Å². The molecule has 0 bridgehead atoms. The van der Waals surface area contributed by atoms with E-state index in [4.69, 9.17) is 6.57 Å². The highest BCUT2D eigenvalue weighted by Gasteiger charge is 2.03. The summed E-state index contributed by atoms with van der Waals surface area (Å²) in [6.07, 6.45) is 3.57. The van der Waals surface area contributed by atoms with E-state index in [1.165, 1.54) is 0 Å². The summed E-state index contributed by atoms with van der Waals surface area (Å²) in [5.41, 5.74) is 2.72. The molecule has 0 aliphatic carbocycles. The van der Waals surface area contributed by atoms with Crippen LogP contribution >= 0.6 is 0 Å². The summed E-state index contributed by atoms with van der Waals surface area (Å²) in [6.45, 7) is 6.96. The first-order chi connectivity index (χ1) is 6.42. The summed E-state index contributed by atoms with van der Waals surface area (Å²) in [7, 11) is 0. The molecule has 1 aromatic carbocycles. The standard InChI is InChI=1S/C11H8N2/c1-12-11-8-13-7-10(11)9-5-3-2-4-6-9/h2-8,13H. The second-order valence-electron chi connectivity index (χ2n) is 2.73. The van der Waals surface area contributed by atoms with Crippen LogP contribution in [0.1, 0.15) is 0 Å². The number of aromatic amines is 1. The molecule has 2 heteroatoms. The Labute approximate surface area is 76.7 Å². The van der Waals surface area contributed by atoms with E-state index in [1.54, 1.807) is 6.20 Å². The molecule has 2 nitrogen and oxygen atoms in total. The van der Waals surface area contributed by atoms with Crippen LogP contribution in [0.15, 0.2) is 42.7 Å². The predicted octanol–water partition coefficient (Wildman–Crippen LogP) is 3.23. The van der Waals surface area contributed by atoms with E-state index < -0.39 is 0 Å². The Kier molecular flexibility index (Phi) is 1.85. The van der Waals surface area contributed by atoms with Crippen LogP contribution in [0.2, 0.25) is 0 Å². The summed E-state index contributed by atoms with van der Waals surface area (Å²) >= 11 is 0. The fraction of sp³-hybridized carbons (Fsp3) is 0. The maximum absolute atomic E-state index is 6.96. The van der Waals surface area contributed by atoms with Crippen LogP contribution in [0.5, 0.6) is 0 Å². The second kappa shape index (κ2) is 3.16. The third-order valence-electron chi connectivity index (χ3n) is 1.93. The molecule has 0 aliphatic heterocycles. The minimum Gasteiger partial charge on any atom is -0.378 e. The zero-order valence-electron chi connectivity index (χ0n) is 6.99. The first-order valence-corrected chi connectivity index (χ1v) is 4.01. The van der Waals surface area contributed by atoms with E-state index in [2.05, 4.69) is 9.83 Å². The van der Waals surface area contributed by atoms with Crippen LogP contribution in [0.25, 0.3) is 16.0 Å². The lowest BCUT2D eigenvalue weighted by molar-refractivity contribution is 1.42. The lowest BCUT2D eigenvalue weighted by Gasteiger charge is -1.96. The van der Waals surface area contributed by atoms with Crippen molar-refractivity contribution in [2.24, 2.45) is 0 Å². The number of H-pyrrole nitrogens is 1. The Balaban J connectivity index is 2.54. The molecule has 1 aromatic heterocycles. The van der Waals surface area contributed by atoms with Crippen LogP contribution in [0, 0.1) is 6.57 Å². The zero-order valence-corrected chi connectivity index (χ0v) is 6.99. The Bertz CT molecular complexity index is 435. The lowest BCUT2D eigenvalue weighted by atomic mass is 10.1. The molecule has 0 saturated heterocycles. The van der Waals surface area contributed by atoms with Gasteiger partial charge in [0, 0.05) is 11.8 Å². The number of nitrogens with zero attached hydrogens (tertiary/aromatic N) is 1. The fourth-order valence-corrected chi connectivity index (χ4v) is 1.30. The number of benzene rings is 1. The third-order valence-corrected chi connectivity index (χ3v) is 1.93. The first kappa shape index (κ1) is 7.63. The highest BCUT2D eigenvalue weighted by atomic mass is 14.7. The van der Waals surface area contributed by atoms with Crippen molar-refractivity contribution < 1.29 is 0 Å². The van der Waals surface area contributed by atoms with Crippen molar-refractivity contribution in [2.45, 2.75) is 0 Å². The largest absolute Gasteiger partial charge is 0.378 e.